The normalized spacial score (nSPS) is 13.5. The maximum absolute atomic E-state index is 13.0. The van der Waals surface area contributed by atoms with E-state index in [1.807, 2.05) is 0 Å². The predicted octanol–water partition coefficient (Wildman–Crippen LogP) is 3.43. The van der Waals surface area contributed by atoms with Crippen molar-refractivity contribution < 1.29 is 18.7 Å². The van der Waals surface area contributed by atoms with Crippen molar-refractivity contribution in [1.29, 1.82) is 0 Å². The van der Waals surface area contributed by atoms with Gasteiger partial charge in [-0.1, -0.05) is 6.42 Å². The van der Waals surface area contributed by atoms with Gasteiger partial charge in [0.1, 0.15) is 21.3 Å². The average Bonchev–Trinajstić information content (AvgIpc) is 2.89. The van der Waals surface area contributed by atoms with E-state index < -0.39 is 24.3 Å². The summed E-state index contributed by atoms with van der Waals surface area (Å²) in [6.45, 7) is 1.84. The van der Waals surface area contributed by atoms with E-state index in [4.69, 9.17) is 4.74 Å². The minimum atomic E-state index is -0.677. The standard InChI is InChI=1S/C21H20FN3O4S/c1-12-17-19(24-15-5-3-2-4-10-25(15)20(17)27)30-18(12)21(28)29-11-16(26)23-14-8-6-13(22)7-9-14/h6-9H,2-5,10-11H2,1H3,(H,23,26). The smallest absolute Gasteiger partial charge is 0.349 e. The zero-order valence-electron chi connectivity index (χ0n) is 16.4. The molecule has 9 heteroatoms. The molecule has 1 aliphatic heterocycles. The van der Waals surface area contributed by atoms with Crippen molar-refractivity contribution in [2.45, 2.75) is 39.2 Å². The van der Waals surface area contributed by atoms with Crippen molar-refractivity contribution in [3.8, 4) is 0 Å². The summed E-state index contributed by atoms with van der Waals surface area (Å²) in [5.41, 5.74) is 0.795. The minimum Gasteiger partial charge on any atom is -0.451 e. The number of halogens is 1. The monoisotopic (exact) mass is 429 g/mol. The first-order chi connectivity index (χ1) is 14.4. The van der Waals surface area contributed by atoms with Gasteiger partial charge in [0.25, 0.3) is 11.5 Å². The van der Waals surface area contributed by atoms with E-state index in [2.05, 4.69) is 10.3 Å². The Morgan fingerprint density at radius 1 is 1.23 bits per heavy atom. The molecular formula is C21H20FN3O4S. The first-order valence-electron chi connectivity index (χ1n) is 9.69. The van der Waals surface area contributed by atoms with E-state index in [1.165, 1.54) is 24.3 Å². The summed E-state index contributed by atoms with van der Waals surface area (Å²) in [6, 6.07) is 5.26. The molecule has 3 aromatic rings. The Labute approximate surface area is 175 Å². The summed E-state index contributed by atoms with van der Waals surface area (Å²) in [5.74, 6) is -0.880. The summed E-state index contributed by atoms with van der Waals surface area (Å²) in [6.07, 6.45) is 3.72. The number of carbonyl (C=O) groups is 2. The SMILES string of the molecule is Cc1c(C(=O)OCC(=O)Nc2ccc(F)cc2)sc2nc3n(c(=O)c12)CCCCC3. The summed E-state index contributed by atoms with van der Waals surface area (Å²) >= 11 is 1.11. The molecular weight excluding hydrogens is 409 g/mol. The lowest BCUT2D eigenvalue weighted by Crippen LogP contribution is -2.24. The first-order valence-corrected chi connectivity index (χ1v) is 10.5. The van der Waals surface area contributed by atoms with E-state index in [-0.39, 0.29) is 10.4 Å². The van der Waals surface area contributed by atoms with Gasteiger partial charge in [0.15, 0.2) is 6.61 Å². The van der Waals surface area contributed by atoms with Gasteiger partial charge in [0, 0.05) is 18.7 Å². The Balaban J connectivity index is 1.51. The van der Waals surface area contributed by atoms with Crippen LogP contribution in [0.1, 0.15) is 40.3 Å². The highest BCUT2D eigenvalue weighted by Crippen LogP contribution is 2.29. The zero-order valence-corrected chi connectivity index (χ0v) is 17.2. The van der Waals surface area contributed by atoms with Crippen molar-refractivity contribution in [2.24, 2.45) is 0 Å². The molecule has 1 aliphatic rings. The van der Waals surface area contributed by atoms with Gasteiger partial charge in [-0.2, -0.15) is 0 Å². The largest absolute Gasteiger partial charge is 0.451 e. The molecule has 2 aromatic heterocycles. The number of amides is 1. The molecule has 0 aliphatic carbocycles. The number of ether oxygens (including phenoxy) is 1. The van der Waals surface area contributed by atoms with Gasteiger partial charge in [-0.05, 0) is 49.6 Å². The average molecular weight is 429 g/mol. The number of carbonyl (C=O) groups excluding carboxylic acids is 2. The third-order valence-electron chi connectivity index (χ3n) is 5.06. The lowest BCUT2D eigenvalue weighted by Gasteiger charge is -2.08. The van der Waals surface area contributed by atoms with Crippen molar-refractivity contribution in [1.82, 2.24) is 9.55 Å². The third-order valence-corrected chi connectivity index (χ3v) is 6.22. The Hall–Kier alpha value is -3.07. The Morgan fingerprint density at radius 2 is 2.00 bits per heavy atom. The van der Waals surface area contributed by atoms with Crippen molar-refractivity contribution in [3.05, 3.63) is 56.7 Å². The number of thiophene rings is 1. The van der Waals surface area contributed by atoms with Crippen molar-refractivity contribution >= 4 is 39.1 Å². The fourth-order valence-electron chi connectivity index (χ4n) is 3.53. The van der Waals surface area contributed by atoms with E-state index >= 15 is 0 Å². The van der Waals surface area contributed by atoms with Crippen LogP contribution in [0.3, 0.4) is 0 Å². The lowest BCUT2D eigenvalue weighted by atomic mass is 10.2. The summed E-state index contributed by atoms with van der Waals surface area (Å²) in [4.78, 5) is 42.9. The predicted molar refractivity (Wildman–Crippen MR) is 111 cm³/mol. The molecule has 0 saturated heterocycles. The highest BCUT2D eigenvalue weighted by atomic mass is 32.1. The Bertz CT molecular complexity index is 1180. The molecule has 4 rings (SSSR count). The summed E-state index contributed by atoms with van der Waals surface area (Å²) in [7, 11) is 0. The van der Waals surface area contributed by atoms with Gasteiger partial charge >= 0.3 is 5.97 Å². The number of anilines is 1. The van der Waals surface area contributed by atoms with Gasteiger partial charge in [-0.25, -0.2) is 14.2 Å². The number of hydrogen-bond acceptors (Lipinski definition) is 6. The van der Waals surface area contributed by atoms with Crippen LogP contribution in [-0.4, -0.2) is 28.0 Å². The van der Waals surface area contributed by atoms with Crippen LogP contribution in [0.25, 0.3) is 10.2 Å². The molecule has 0 unspecified atom stereocenters. The first kappa shape index (κ1) is 20.2. The third kappa shape index (κ3) is 3.97. The molecule has 3 heterocycles. The topological polar surface area (TPSA) is 90.3 Å². The lowest BCUT2D eigenvalue weighted by molar-refractivity contribution is -0.119. The molecule has 0 saturated carbocycles. The van der Waals surface area contributed by atoms with Crippen LogP contribution in [0.4, 0.5) is 10.1 Å². The Kier molecular flexibility index (Phi) is 5.63. The van der Waals surface area contributed by atoms with Gasteiger partial charge in [0.2, 0.25) is 0 Å². The van der Waals surface area contributed by atoms with E-state index in [9.17, 15) is 18.8 Å². The number of nitrogens with zero attached hydrogens (tertiary/aromatic N) is 2. The van der Waals surface area contributed by atoms with Gasteiger partial charge in [0.05, 0.1) is 5.39 Å². The maximum atomic E-state index is 13.0. The van der Waals surface area contributed by atoms with Crippen LogP contribution in [0.2, 0.25) is 0 Å². The molecule has 0 radical (unpaired) electrons. The minimum absolute atomic E-state index is 0.126. The quantitative estimate of drug-likeness (QED) is 0.642. The van der Waals surface area contributed by atoms with Crippen LogP contribution in [-0.2, 0) is 22.5 Å². The number of fused-ring (bicyclic) bond motifs is 2. The number of aryl methyl sites for hydroxylation is 2. The number of aromatic nitrogens is 2. The molecule has 0 fully saturated rings. The highest BCUT2D eigenvalue weighted by Gasteiger charge is 2.23. The fraction of sp³-hybridized carbons (Fsp3) is 0.333. The van der Waals surface area contributed by atoms with Crippen molar-refractivity contribution in [3.63, 3.8) is 0 Å². The highest BCUT2D eigenvalue weighted by molar-refractivity contribution is 7.20. The molecule has 7 nitrogen and oxygen atoms in total. The maximum Gasteiger partial charge on any atom is 0.349 e. The number of rotatable bonds is 4. The molecule has 0 atom stereocenters. The van der Waals surface area contributed by atoms with Crippen molar-refractivity contribution in [2.75, 3.05) is 11.9 Å². The molecule has 1 aromatic carbocycles. The molecule has 156 valence electrons. The van der Waals surface area contributed by atoms with Gasteiger partial charge < -0.3 is 10.1 Å². The van der Waals surface area contributed by atoms with E-state index in [0.717, 1.165) is 42.8 Å². The number of benzene rings is 1. The molecule has 0 bridgehead atoms. The second-order valence-corrected chi connectivity index (χ2v) is 8.16. The molecule has 30 heavy (non-hydrogen) atoms. The molecule has 0 spiro atoms. The molecule has 1 N–H and O–H groups in total. The second kappa shape index (κ2) is 8.35. The van der Waals surface area contributed by atoms with Crippen LogP contribution in [0, 0.1) is 12.7 Å². The molecule has 1 amide bonds. The Morgan fingerprint density at radius 3 is 2.77 bits per heavy atom. The van der Waals surface area contributed by atoms with Crippen LogP contribution >= 0.6 is 11.3 Å². The van der Waals surface area contributed by atoms with E-state index in [0.29, 0.717) is 28.0 Å². The van der Waals surface area contributed by atoms with Crippen LogP contribution in [0.15, 0.2) is 29.1 Å². The van der Waals surface area contributed by atoms with Gasteiger partial charge in [-0.15, -0.1) is 11.3 Å². The van der Waals surface area contributed by atoms with Gasteiger partial charge in [-0.3, -0.25) is 14.2 Å². The number of nitrogens with one attached hydrogen (secondary N) is 1. The summed E-state index contributed by atoms with van der Waals surface area (Å²) < 4.78 is 19.8. The fourth-order valence-corrected chi connectivity index (χ4v) is 4.62. The van der Waals surface area contributed by atoms with E-state index in [1.54, 1.807) is 11.5 Å². The number of hydrogen-bond donors (Lipinski definition) is 1. The second-order valence-electron chi connectivity index (χ2n) is 7.16. The van der Waals surface area contributed by atoms with Crippen LogP contribution in [0.5, 0.6) is 0 Å². The summed E-state index contributed by atoms with van der Waals surface area (Å²) in [5, 5.41) is 2.96. The number of esters is 1. The van der Waals surface area contributed by atoms with Crippen LogP contribution < -0.4 is 10.9 Å². The zero-order chi connectivity index (χ0) is 21.3.